The van der Waals surface area contributed by atoms with E-state index < -0.39 is 12.1 Å². The number of carbonyl (C=O) groups is 1. The number of nitrogens with zero attached hydrogens (tertiary/aromatic N) is 1. The van der Waals surface area contributed by atoms with Crippen molar-refractivity contribution in [2.75, 3.05) is 30.2 Å². The average molecular weight is 537 g/mol. The van der Waals surface area contributed by atoms with Crippen LogP contribution in [0.3, 0.4) is 0 Å². The van der Waals surface area contributed by atoms with Gasteiger partial charge in [-0.2, -0.15) is 0 Å². The van der Waals surface area contributed by atoms with Gasteiger partial charge in [0.05, 0.1) is 23.3 Å². The Morgan fingerprint density at radius 3 is 2.76 bits per heavy atom. The minimum Gasteiger partial charge on any atom is -0.390 e. The summed E-state index contributed by atoms with van der Waals surface area (Å²) in [7, 11) is 0. The molecule has 3 aromatic rings. The zero-order valence-corrected chi connectivity index (χ0v) is 23.2. The van der Waals surface area contributed by atoms with E-state index in [2.05, 4.69) is 52.0 Å². The molecule has 0 saturated carbocycles. The third kappa shape index (κ3) is 6.04. The largest absolute Gasteiger partial charge is 0.390 e. The van der Waals surface area contributed by atoms with E-state index in [4.69, 9.17) is 4.74 Å². The van der Waals surface area contributed by atoms with Crippen molar-refractivity contribution < 1.29 is 14.6 Å². The van der Waals surface area contributed by atoms with Gasteiger partial charge in [-0.1, -0.05) is 61.7 Å². The Bertz CT molecular complexity index is 1230. The molecule has 1 saturated heterocycles. The van der Waals surface area contributed by atoms with Crippen LogP contribution in [0.5, 0.6) is 0 Å². The number of aryl methyl sites for hydroxylation is 1. The number of aliphatic hydroxyl groups excluding tert-OH is 1. The number of rotatable bonds is 10. The van der Waals surface area contributed by atoms with Crippen LogP contribution in [0.15, 0.2) is 48.5 Å². The first kappa shape index (κ1) is 27.1. The number of carbonyl (C=O) groups excluding carboxylic acids is 1. The van der Waals surface area contributed by atoms with E-state index in [0.717, 1.165) is 66.8 Å². The van der Waals surface area contributed by atoms with Crippen LogP contribution in [0.2, 0.25) is 0 Å². The van der Waals surface area contributed by atoms with E-state index in [9.17, 15) is 9.90 Å². The number of anilines is 1. The van der Waals surface area contributed by atoms with Crippen molar-refractivity contribution in [2.24, 2.45) is 0 Å². The molecule has 0 radical (unpaired) electrons. The van der Waals surface area contributed by atoms with Gasteiger partial charge in [-0.3, -0.25) is 4.79 Å². The molecule has 1 unspecified atom stereocenters. The van der Waals surface area contributed by atoms with Gasteiger partial charge in [0, 0.05) is 43.0 Å². The van der Waals surface area contributed by atoms with Crippen molar-refractivity contribution in [2.45, 2.75) is 70.2 Å². The maximum atomic E-state index is 14.0. The summed E-state index contributed by atoms with van der Waals surface area (Å²) >= 11 is 1.68. The van der Waals surface area contributed by atoms with Crippen molar-refractivity contribution in [3.05, 3.63) is 65.4 Å². The molecule has 3 atom stereocenters. The Labute approximate surface area is 229 Å². The second-order valence-electron chi connectivity index (χ2n) is 10.6. The molecule has 204 valence electrons. The highest BCUT2D eigenvalue weighted by molar-refractivity contribution is 8.00. The monoisotopic (exact) mass is 536 g/mol. The first-order valence-electron chi connectivity index (χ1n) is 13.9. The number of nitrogens with one attached hydrogen (secondary N) is 3. The summed E-state index contributed by atoms with van der Waals surface area (Å²) in [5, 5.41) is 19.2. The fraction of sp³-hybridized carbons (Fsp3) is 0.500. The molecule has 2 aromatic carbocycles. The van der Waals surface area contributed by atoms with E-state index in [1.165, 1.54) is 5.56 Å². The summed E-state index contributed by atoms with van der Waals surface area (Å²) in [4.78, 5) is 14.0. The summed E-state index contributed by atoms with van der Waals surface area (Å²) in [5.74, 6) is 0.715. The highest BCUT2D eigenvalue weighted by atomic mass is 32.2. The molecule has 5 rings (SSSR count). The van der Waals surface area contributed by atoms with E-state index in [-0.39, 0.29) is 11.9 Å². The molecule has 2 aliphatic heterocycles. The number of benzene rings is 2. The van der Waals surface area contributed by atoms with E-state index in [1.54, 1.807) is 11.9 Å². The molecule has 1 fully saturated rings. The SMILES string of the molecule is CCCc1ccc2c3c1cc(C(=O)N[C@@H](Cc1ccccc1)[C@H](O)CNC1CCOCC1)n3C(C)CSN2. The number of aromatic nitrogens is 1. The van der Waals surface area contributed by atoms with Crippen molar-refractivity contribution in [3.8, 4) is 0 Å². The summed E-state index contributed by atoms with van der Waals surface area (Å²) in [6.07, 6.45) is 3.73. The molecule has 1 aromatic heterocycles. The number of aliphatic hydroxyl groups is 1. The quantitative estimate of drug-likeness (QED) is 0.281. The maximum Gasteiger partial charge on any atom is 0.268 e. The van der Waals surface area contributed by atoms with E-state index in [1.807, 2.05) is 30.3 Å². The van der Waals surface area contributed by atoms with Crippen LogP contribution >= 0.6 is 11.9 Å². The Hall–Kier alpha value is -2.52. The van der Waals surface area contributed by atoms with Crippen molar-refractivity contribution in [3.63, 3.8) is 0 Å². The summed E-state index contributed by atoms with van der Waals surface area (Å²) < 4.78 is 11.1. The fourth-order valence-corrected chi connectivity index (χ4v) is 6.43. The lowest BCUT2D eigenvalue weighted by Crippen LogP contribution is -2.51. The summed E-state index contributed by atoms with van der Waals surface area (Å²) in [5.41, 5.74) is 5.16. The first-order chi connectivity index (χ1) is 18.5. The third-order valence-corrected chi connectivity index (χ3v) is 8.72. The second kappa shape index (κ2) is 12.6. The van der Waals surface area contributed by atoms with Crippen molar-refractivity contribution >= 4 is 34.4 Å². The molecule has 3 heterocycles. The Morgan fingerprint density at radius 1 is 1.21 bits per heavy atom. The van der Waals surface area contributed by atoms with Gasteiger partial charge in [-0.05, 0) is 55.9 Å². The van der Waals surface area contributed by atoms with Crippen LogP contribution in [0.4, 0.5) is 5.69 Å². The van der Waals surface area contributed by atoms with Crippen LogP contribution in [-0.4, -0.2) is 59.3 Å². The van der Waals surface area contributed by atoms with Crippen molar-refractivity contribution in [1.29, 1.82) is 0 Å². The zero-order chi connectivity index (χ0) is 26.5. The van der Waals surface area contributed by atoms with E-state index in [0.29, 0.717) is 24.7 Å². The van der Waals surface area contributed by atoms with Crippen LogP contribution < -0.4 is 15.4 Å². The van der Waals surface area contributed by atoms with Gasteiger partial charge in [0.1, 0.15) is 5.69 Å². The molecule has 1 amide bonds. The number of hydrogen-bond acceptors (Lipinski definition) is 6. The van der Waals surface area contributed by atoms with Gasteiger partial charge in [-0.25, -0.2) is 0 Å². The topological polar surface area (TPSA) is 87.6 Å². The summed E-state index contributed by atoms with van der Waals surface area (Å²) in [6.45, 7) is 6.27. The molecule has 0 bridgehead atoms. The molecular formula is C30H40N4O3S. The molecule has 0 spiro atoms. The minimum absolute atomic E-state index is 0.139. The van der Waals surface area contributed by atoms with Crippen molar-refractivity contribution in [1.82, 2.24) is 15.2 Å². The number of hydrogen-bond donors (Lipinski definition) is 4. The lowest BCUT2D eigenvalue weighted by Gasteiger charge is -2.29. The van der Waals surface area contributed by atoms with E-state index >= 15 is 0 Å². The number of ether oxygens (including phenoxy) is 1. The van der Waals surface area contributed by atoms with Gasteiger partial charge in [0.15, 0.2) is 0 Å². The predicted molar refractivity (Wildman–Crippen MR) is 156 cm³/mol. The van der Waals surface area contributed by atoms with Gasteiger partial charge in [0.2, 0.25) is 0 Å². The van der Waals surface area contributed by atoms with Gasteiger partial charge < -0.3 is 29.8 Å². The summed E-state index contributed by atoms with van der Waals surface area (Å²) in [6, 6.07) is 16.5. The standard InChI is InChI=1S/C30H40N4O3S/c1-3-7-22-10-11-25-29-24(22)17-27(34(29)20(2)19-38-33-25)30(36)32-26(16-21-8-5-4-6-9-21)28(35)18-31-23-12-14-37-15-13-23/h4-6,8-11,17,20,23,26,28,31,33,35H,3,7,12-16,18-19H2,1-2H3,(H,32,36)/t20?,26-,28+/m0/s1. The molecular weight excluding hydrogens is 496 g/mol. The highest BCUT2D eigenvalue weighted by Gasteiger charge is 2.29. The molecule has 0 aliphatic carbocycles. The smallest absolute Gasteiger partial charge is 0.268 e. The number of amides is 1. The Kier molecular flexibility index (Phi) is 8.94. The molecule has 38 heavy (non-hydrogen) atoms. The molecule has 4 N–H and O–H groups in total. The highest BCUT2D eigenvalue weighted by Crippen LogP contribution is 2.38. The van der Waals surface area contributed by atoms with Gasteiger partial charge >= 0.3 is 0 Å². The zero-order valence-electron chi connectivity index (χ0n) is 22.4. The van der Waals surface area contributed by atoms with Crippen LogP contribution in [-0.2, 0) is 17.6 Å². The fourth-order valence-electron chi connectivity index (χ4n) is 5.64. The molecule has 2 aliphatic rings. The molecule has 8 heteroatoms. The molecule has 7 nitrogen and oxygen atoms in total. The maximum absolute atomic E-state index is 14.0. The average Bonchev–Trinajstić information content (AvgIpc) is 3.27. The minimum atomic E-state index is -0.726. The lowest BCUT2D eigenvalue weighted by atomic mass is 10.00. The lowest BCUT2D eigenvalue weighted by molar-refractivity contribution is 0.0655. The van der Waals surface area contributed by atoms with Crippen LogP contribution in [0.25, 0.3) is 10.9 Å². The normalized spacial score (nSPS) is 19.5. The Balaban J connectivity index is 1.43. The predicted octanol–water partition coefficient (Wildman–Crippen LogP) is 4.70. The second-order valence-corrected chi connectivity index (χ2v) is 11.4. The Morgan fingerprint density at radius 2 is 2.00 bits per heavy atom. The third-order valence-electron chi connectivity index (χ3n) is 7.70. The van der Waals surface area contributed by atoms with Crippen LogP contribution in [0.1, 0.15) is 60.8 Å². The van der Waals surface area contributed by atoms with Gasteiger partial charge in [0.25, 0.3) is 5.91 Å². The van der Waals surface area contributed by atoms with Crippen LogP contribution in [0, 0.1) is 0 Å². The van der Waals surface area contributed by atoms with Gasteiger partial charge in [-0.15, -0.1) is 0 Å². The first-order valence-corrected chi connectivity index (χ1v) is 14.9.